The Morgan fingerprint density at radius 2 is 2.17 bits per heavy atom. The molecule has 2 heterocycles. The molecular weight excluding hydrogens is 306 g/mol. The van der Waals surface area contributed by atoms with E-state index in [1.54, 1.807) is 24.3 Å². The minimum Gasteiger partial charge on any atom is -0.507 e. The molecule has 3 rings (SSSR count). The Bertz CT molecular complexity index is 674. The van der Waals surface area contributed by atoms with Crippen LogP contribution in [0.25, 0.3) is 11.3 Å². The number of hydrogen-bond donors (Lipinski definition) is 3. The molecule has 7 heteroatoms. The Kier molecular flexibility index (Phi) is 5.45. The molecule has 1 aromatic heterocycles. The molecule has 0 aliphatic carbocycles. The van der Waals surface area contributed by atoms with Crippen LogP contribution in [0.1, 0.15) is 6.42 Å². The lowest BCUT2D eigenvalue weighted by molar-refractivity contribution is 0.0378. The van der Waals surface area contributed by atoms with Crippen molar-refractivity contribution >= 4 is 11.8 Å². The molecule has 0 atom stereocenters. The summed E-state index contributed by atoms with van der Waals surface area (Å²) in [5.74, 6) is 0.972. The van der Waals surface area contributed by atoms with Gasteiger partial charge in [-0.25, -0.2) is 4.98 Å². The first-order chi connectivity index (χ1) is 11.7. The first-order valence-corrected chi connectivity index (χ1v) is 8.10. The van der Waals surface area contributed by atoms with Gasteiger partial charge in [-0.15, -0.1) is 0 Å². The van der Waals surface area contributed by atoms with Crippen LogP contribution in [0, 0.1) is 6.07 Å². The van der Waals surface area contributed by atoms with Crippen molar-refractivity contribution in [1.82, 2.24) is 14.9 Å². The fourth-order valence-electron chi connectivity index (χ4n) is 2.67. The van der Waals surface area contributed by atoms with Crippen LogP contribution in [0.2, 0.25) is 0 Å². The Hall–Kier alpha value is -2.38. The molecule has 1 fully saturated rings. The number of ether oxygens (including phenoxy) is 1. The van der Waals surface area contributed by atoms with E-state index < -0.39 is 0 Å². The summed E-state index contributed by atoms with van der Waals surface area (Å²) in [4.78, 5) is 10.8. The predicted octanol–water partition coefficient (Wildman–Crippen LogP) is 1.37. The second-order valence-corrected chi connectivity index (χ2v) is 5.67. The molecule has 1 aliphatic heterocycles. The summed E-state index contributed by atoms with van der Waals surface area (Å²) in [7, 11) is 0. The smallest absolute Gasteiger partial charge is 0.222 e. The van der Waals surface area contributed by atoms with E-state index in [0.717, 1.165) is 45.8 Å². The molecule has 0 bridgehead atoms. The highest BCUT2D eigenvalue weighted by molar-refractivity contribution is 5.69. The molecule has 2 aromatic rings. The van der Waals surface area contributed by atoms with Crippen LogP contribution >= 0.6 is 0 Å². The number of morpholine rings is 1. The van der Waals surface area contributed by atoms with Gasteiger partial charge in [-0.05, 0) is 31.2 Å². The summed E-state index contributed by atoms with van der Waals surface area (Å²) < 4.78 is 5.34. The number of benzene rings is 1. The van der Waals surface area contributed by atoms with E-state index in [9.17, 15) is 5.11 Å². The van der Waals surface area contributed by atoms with E-state index in [1.807, 2.05) is 0 Å². The van der Waals surface area contributed by atoms with Crippen molar-refractivity contribution < 1.29 is 9.84 Å². The van der Waals surface area contributed by atoms with Crippen molar-refractivity contribution in [2.75, 3.05) is 50.4 Å². The SMILES string of the molecule is Nc1nc(NCCCN2CCOCC2)cc(-c2c[c]ccc2O)n1. The number of hydrogen-bond acceptors (Lipinski definition) is 7. The van der Waals surface area contributed by atoms with Crippen LogP contribution in [0.3, 0.4) is 0 Å². The van der Waals surface area contributed by atoms with E-state index in [2.05, 4.69) is 26.3 Å². The van der Waals surface area contributed by atoms with Gasteiger partial charge in [0.05, 0.1) is 18.9 Å². The molecular formula is C17H22N5O2. The number of phenolic OH excluding ortho intramolecular Hbond substituents is 1. The maximum Gasteiger partial charge on any atom is 0.222 e. The van der Waals surface area contributed by atoms with Crippen molar-refractivity contribution in [2.24, 2.45) is 0 Å². The Morgan fingerprint density at radius 1 is 1.33 bits per heavy atom. The first-order valence-electron chi connectivity index (χ1n) is 8.10. The van der Waals surface area contributed by atoms with E-state index >= 15 is 0 Å². The zero-order valence-electron chi connectivity index (χ0n) is 13.5. The van der Waals surface area contributed by atoms with Crippen molar-refractivity contribution in [2.45, 2.75) is 6.42 Å². The summed E-state index contributed by atoms with van der Waals surface area (Å²) in [6, 6.07) is 9.62. The third-order valence-corrected chi connectivity index (χ3v) is 3.92. The van der Waals surface area contributed by atoms with Crippen molar-refractivity contribution in [3.05, 3.63) is 30.3 Å². The van der Waals surface area contributed by atoms with Crippen LogP contribution in [0.5, 0.6) is 5.75 Å². The van der Waals surface area contributed by atoms with Crippen LogP contribution < -0.4 is 11.1 Å². The summed E-state index contributed by atoms with van der Waals surface area (Å²) >= 11 is 0. The minimum atomic E-state index is 0.144. The quantitative estimate of drug-likeness (QED) is 0.689. The van der Waals surface area contributed by atoms with Crippen molar-refractivity contribution in [3.63, 3.8) is 0 Å². The molecule has 0 unspecified atom stereocenters. The number of anilines is 2. The summed E-state index contributed by atoms with van der Waals surface area (Å²) in [6.07, 6.45) is 1.00. The number of rotatable bonds is 6. The maximum absolute atomic E-state index is 9.95. The van der Waals surface area contributed by atoms with Gasteiger partial charge in [0, 0.05) is 31.3 Å². The van der Waals surface area contributed by atoms with Gasteiger partial charge in [-0.3, -0.25) is 4.90 Å². The highest BCUT2D eigenvalue weighted by Gasteiger charge is 2.10. The number of nitrogens with two attached hydrogens (primary N) is 1. The topological polar surface area (TPSA) is 96.5 Å². The fraction of sp³-hybridized carbons (Fsp3) is 0.412. The van der Waals surface area contributed by atoms with Crippen LogP contribution in [0.4, 0.5) is 11.8 Å². The van der Waals surface area contributed by atoms with Crippen molar-refractivity contribution in [3.8, 4) is 17.0 Å². The zero-order valence-corrected chi connectivity index (χ0v) is 13.5. The van der Waals surface area contributed by atoms with Gasteiger partial charge in [0.1, 0.15) is 11.6 Å². The molecule has 4 N–H and O–H groups in total. The molecule has 0 saturated carbocycles. The molecule has 1 saturated heterocycles. The van der Waals surface area contributed by atoms with E-state index in [4.69, 9.17) is 10.5 Å². The highest BCUT2D eigenvalue weighted by Crippen LogP contribution is 2.28. The second kappa shape index (κ2) is 7.94. The molecule has 7 nitrogen and oxygen atoms in total. The van der Waals surface area contributed by atoms with E-state index in [-0.39, 0.29) is 11.7 Å². The average molecular weight is 328 g/mol. The fourth-order valence-corrected chi connectivity index (χ4v) is 2.67. The van der Waals surface area contributed by atoms with E-state index in [1.165, 1.54) is 0 Å². The standard InChI is InChI=1S/C17H22N5O2/c18-17-20-14(13-4-1-2-5-15(13)23)12-16(21-17)19-6-3-7-22-8-10-24-11-9-22/h2,4-5,12,23H,3,6-11H2,(H3,18,19,20,21). The van der Waals surface area contributed by atoms with Crippen LogP contribution in [0.15, 0.2) is 24.3 Å². The van der Waals surface area contributed by atoms with E-state index in [0.29, 0.717) is 17.1 Å². The molecule has 1 aliphatic rings. The lowest BCUT2D eigenvalue weighted by Gasteiger charge is -2.26. The van der Waals surface area contributed by atoms with Gasteiger partial charge in [0.15, 0.2) is 0 Å². The van der Waals surface area contributed by atoms with Gasteiger partial charge < -0.3 is 20.9 Å². The summed E-state index contributed by atoms with van der Waals surface area (Å²) in [6.45, 7) is 5.44. The van der Waals surface area contributed by atoms with Crippen LogP contribution in [-0.4, -0.2) is 59.4 Å². The predicted molar refractivity (Wildman–Crippen MR) is 92.7 cm³/mol. The number of nitrogens with one attached hydrogen (secondary N) is 1. The molecule has 24 heavy (non-hydrogen) atoms. The minimum absolute atomic E-state index is 0.144. The number of nitrogen functional groups attached to an aromatic ring is 1. The Morgan fingerprint density at radius 3 is 2.96 bits per heavy atom. The number of phenols is 1. The Labute approximate surface area is 141 Å². The monoisotopic (exact) mass is 328 g/mol. The molecule has 1 aromatic carbocycles. The second-order valence-electron chi connectivity index (χ2n) is 5.67. The molecule has 0 amide bonds. The number of nitrogens with zero attached hydrogens (tertiary/aromatic N) is 3. The largest absolute Gasteiger partial charge is 0.507 e. The third-order valence-electron chi connectivity index (χ3n) is 3.92. The first kappa shape index (κ1) is 16.5. The van der Waals surface area contributed by atoms with Gasteiger partial charge in [0.25, 0.3) is 0 Å². The van der Waals surface area contributed by atoms with Gasteiger partial charge >= 0.3 is 0 Å². The van der Waals surface area contributed by atoms with Gasteiger partial charge in [0.2, 0.25) is 5.95 Å². The lowest BCUT2D eigenvalue weighted by Crippen LogP contribution is -2.37. The average Bonchev–Trinajstić information content (AvgIpc) is 2.60. The summed E-state index contributed by atoms with van der Waals surface area (Å²) in [5, 5.41) is 13.2. The lowest BCUT2D eigenvalue weighted by atomic mass is 10.1. The normalized spacial score (nSPS) is 15.3. The highest BCUT2D eigenvalue weighted by atomic mass is 16.5. The third kappa shape index (κ3) is 4.33. The summed E-state index contributed by atoms with van der Waals surface area (Å²) in [5.41, 5.74) is 6.95. The molecule has 127 valence electrons. The number of aromatic nitrogens is 2. The van der Waals surface area contributed by atoms with Gasteiger partial charge in [-0.2, -0.15) is 4.98 Å². The zero-order chi connectivity index (χ0) is 16.8. The van der Waals surface area contributed by atoms with Crippen molar-refractivity contribution in [1.29, 1.82) is 0 Å². The maximum atomic E-state index is 9.95. The van der Waals surface area contributed by atoms with Crippen LogP contribution in [-0.2, 0) is 4.74 Å². The molecule has 0 spiro atoms. The molecule has 1 radical (unpaired) electrons. The number of aromatic hydroxyl groups is 1. The Balaban J connectivity index is 1.59. The van der Waals surface area contributed by atoms with Gasteiger partial charge in [-0.1, -0.05) is 6.07 Å².